The maximum atomic E-state index is 13.8. The van der Waals surface area contributed by atoms with E-state index in [2.05, 4.69) is 5.32 Å². The van der Waals surface area contributed by atoms with Gasteiger partial charge in [0.05, 0.1) is 12.2 Å². The molecule has 0 spiro atoms. The van der Waals surface area contributed by atoms with Crippen LogP contribution < -0.4 is 9.62 Å². The Hall–Kier alpha value is -2.64. The molecule has 2 aromatic rings. The fourth-order valence-electron chi connectivity index (χ4n) is 3.90. The van der Waals surface area contributed by atoms with Gasteiger partial charge < -0.3 is 28.5 Å². The Bertz CT molecular complexity index is 1140. The molecule has 2 unspecified atom stereocenters. The van der Waals surface area contributed by atoms with Gasteiger partial charge in [0.25, 0.3) is 0 Å². The van der Waals surface area contributed by atoms with Gasteiger partial charge in [0.2, 0.25) is 11.8 Å². The van der Waals surface area contributed by atoms with Gasteiger partial charge in [0.1, 0.15) is 6.04 Å². The van der Waals surface area contributed by atoms with Crippen LogP contribution in [-0.2, 0) is 36.8 Å². The monoisotopic (exact) mass is 602 g/mol. The molecule has 13 heteroatoms. The number of carbonyl (C=O) groups excluding carboxylic acids is 2. The normalized spacial score (nSPS) is 12.8. The second-order valence-electron chi connectivity index (χ2n) is 9.04. The van der Waals surface area contributed by atoms with E-state index < -0.39 is 41.1 Å². The molecule has 0 aliphatic rings. The molecular weight excluding hydrogens is 568 g/mol. The minimum Gasteiger partial charge on any atom is -0.755 e. The lowest BCUT2D eigenvalue weighted by Crippen LogP contribution is -2.54. The zero-order valence-electron chi connectivity index (χ0n) is 22.9. The van der Waals surface area contributed by atoms with Gasteiger partial charge in [-0.05, 0) is 57.5 Å². The molecule has 9 nitrogen and oxygen atoms in total. The summed E-state index contributed by atoms with van der Waals surface area (Å²) in [5, 5.41) is 3.22. The van der Waals surface area contributed by atoms with Crippen LogP contribution in [0.5, 0.6) is 0 Å². The quantitative estimate of drug-likeness (QED) is 0.230. The van der Waals surface area contributed by atoms with Crippen LogP contribution in [-0.4, -0.2) is 70.2 Å². The van der Waals surface area contributed by atoms with Crippen LogP contribution in [0.25, 0.3) is 0 Å². The van der Waals surface area contributed by atoms with Crippen molar-refractivity contribution in [2.45, 2.75) is 58.9 Å². The number of nitrogens with zero attached hydrogens (tertiary/aromatic N) is 2. The van der Waals surface area contributed by atoms with Crippen LogP contribution in [0.3, 0.4) is 0 Å². The Morgan fingerprint density at radius 3 is 2.20 bits per heavy atom. The van der Waals surface area contributed by atoms with Crippen molar-refractivity contribution >= 4 is 40.4 Å². The lowest BCUT2D eigenvalue weighted by Gasteiger charge is -2.34. The molecule has 0 bridgehead atoms. The van der Waals surface area contributed by atoms with Crippen LogP contribution in [0, 0.1) is 11.6 Å². The summed E-state index contributed by atoms with van der Waals surface area (Å²) in [6.07, 6.45) is -0.872. The third-order valence-corrected chi connectivity index (χ3v) is 6.86. The Balaban J connectivity index is 2.24. The molecule has 2 amide bonds. The van der Waals surface area contributed by atoms with Crippen molar-refractivity contribution in [2.75, 3.05) is 30.6 Å². The molecule has 0 saturated carbocycles. The van der Waals surface area contributed by atoms with Crippen molar-refractivity contribution in [3.63, 3.8) is 0 Å². The molecule has 0 radical (unpaired) electrons. The Kier molecular flexibility index (Phi) is 13.9. The van der Waals surface area contributed by atoms with Gasteiger partial charge in [-0.1, -0.05) is 23.7 Å². The van der Waals surface area contributed by atoms with Crippen LogP contribution >= 0.6 is 11.6 Å². The van der Waals surface area contributed by atoms with E-state index in [0.29, 0.717) is 18.2 Å². The standard InChI is InChI=1S/C27H36ClF2N3O6S/c1-5-38-26(39-6-2)17-32(18(3)4)27(35)24(15-19-7-9-20(28)10-8-19)31-25(34)13-14-33(40(36)37)21-11-12-22(29)23(30)16-21/h7-12,16,18,24,26H,5-6,13-15,17H2,1-4H3,(H,31,34)(H,36,37)/p-1. The number of carbonyl (C=O) groups is 2. The fraction of sp³-hybridized carbons (Fsp3) is 0.481. The average Bonchev–Trinajstić information content (AvgIpc) is 2.89. The minimum absolute atomic E-state index is 0.129. The van der Waals surface area contributed by atoms with Crippen molar-refractivity contribution in [1.29, 1.82) is 0 Å². The first kappa shape index (κ1) is 33.6. The molecule has 40 heavy (non-hydrogen) atoms. The number of benzene rings is 2. The molecule has 0 fully saturated rings. The van der Waals surface area contributed by atoms with E-state index in [4.69, 9.17) is 21.1 Å². The number of amides is 2. The zero-order valence-corrected chi connectivity index (χ0v) is 24.5. The van der Waals surface area contributed by atoms with Crippen LogP contribution in [0.15, 0.2) is 42.5 Å². The third kappa shape index (κ3) is 10.4. The number of nitrogens with one attached hydrogen (secondary N) is 1. The molecule has 0 saturated heterocycles. The summed E-state index contributed by atoms with van der Waals surface area (Å²) in [4.78, 5) is 28.3. The maximum Gasteiger partial charge on any atom is 0.245 e. The highest BCUT2D eigenvalue weighted by Gasteiger charge is 2.30. The Labute approximate surface area is 241 Å². The first-order valence-corrected chi connectivity index (χ1v) is 14.3. The van der Waals surface area contributed by atoms with Gasteiger partial charge in [0.15, 0.2) is 17.9 Å². The first-order valence-electron chi connectivity index (χ1n) is 12.9. The maximum absolute atomic E-state index is 13.8. The van der Waals surface area contributed by atoms with Crippen molar-refractivity contribution < 1.29 is 36.6 Å². The van der Waals surface area contributed by atoms with Crippen molar-refractivity contribution in [2.24, 2.45) is 0 Å². The summed E-state index contributed by atoms with van der Waals surface area (Å²) in [5.74, 6) is -3.35. The highest BCUT2D eigenvalue weighted by Crippen LogP contribution is 2.20. The largest absolute Gasteiger partial charge is 0.755 e. The van der Waals surface area contributed by atoms with Crippen LogP contribution in [0.4, 0.5) is 14.5 Å². The predicted octanol–water partition coefficient (Wildman–Crippen LogP) is 3.97. The average molecular weight is 603 g/mol. The smallest absolute Gasteiger partial charge is 0.245 e. The van der Waals surface area contributed by atoms with Crippen molar-refractivity contribution in [3.8, 4) is 0 Å². The van der Waals surface area contributed by atoms with Gasteiger partial charge in [0, 0.05) is 61.0 Å². The first-order chi connectivity index (χ1) is 19.0. The van der Waals surface area contributed by atoms with E-state index in [1.807, 2.05) is 27.7 Å². The topological polar surface area (TPSA) is 111 Å². The molecule has 2 rings (SSSR count). The minimum atomic E-state index is -2.87. The van der Waals surface area contributed by atoms with E-state index in [1.165, 1.54) is 0 Å². The molecule has 0 heterocycles. The van der Waals surface area contributed by atoms with Crippen molar-refractivity contribution in [3.05, 3.63) is 64.7 Å². The van der Waals surface area contributed by atoms with Gasteiger partial charge in [-0.15, -0.1) is 0 Å². The number of hydrogen-bond acceptors (Lipinski definition) is 6. The summed E-state index contributed by atoms with van der Waals surface area (Å²) in [5.41, 5.74) is 0.597. The van der Waals surface area contributed by atoms with Crippen LogP contribution in [0.1, 0.15) is 39.7 Å². The lowest BCUT2D eigenvalue weighted by molar-refractivity contribution is -0.163. The van der Waals surface area contributed by atoms with Gasteiger partial charge >= 0.3 is 0 Å². The van der Waals surface area contributed by atoms with E-state index in [-0.39, 0.29) is 43.6 Å². The number of ether oxygens (including phenoxy) is 2. The third-order valence-electron chi connectivity index (χ3n) is 5.86. The molecule has 2 atom stereocenters. The Morgan fingerprint density at radius 2 is 1.68 bits per heavy atom. The van der Waals surface area contributed by atoms with E-state index in [9.17, 15) is 27.1 Å². The van der Waals surface area contributed by atoms with E-state index in [0.717, 1.165) is 28.1 Å². The van der Waals surface area contributed by atoms with Gasteiger partial charge in [-0.25, -0.2) is 8.78 Å². The number of anilines is 1. The number of hydrogen-bond donors (Lipinski definition) is 1. The summed E-state index contributed by atoms with van der Waals surface area (Å²) in [6.45, 7) is 7.82. The molecule has 0 aliphatic heterocycles. The highest BCUT2D eigenvalue weighted by molar-refractivity contribution is 7.80. The zero-order chi connectivity index (χ0) is 29.8. The lowest BCUT2D eigenvalue weighted by atomic mass is 10.0. The van der Waals surface area contributed by atoms with Gasteiger partial charge in [-0.3, -0.25) is 13.8 Å². The molecule has 0 aliphatic carbocycles. The van der Waals surface area contributed by atoms with E-state index >= 15 is 0 Å². The molecule has 1 N–H and O–H groups in total. The highest BCUT2D eigenvalue weighted by atomic mass is 35.5. The molecule has 0 aromatic heterocycles. The number of rotatable bonds is 16. The van der Waals surface area contributed by atoms with E-state index in [1.54, 1.807) is 29.2 Å². The number of halogens is 3. The van der Waals surface area contributed by atoms with Crippen molar-refractivity contribution in [1.82, 2.24) is 10.2 Å². The second-order valence-corrected chi connectivity index (χ2v) is 10.4. The Morgan fingerprint density at radius 1 is 1.05 bits per heavy atom. The second kappa shape index (κ2) is 16.6. The summed E-state index contributed by atoms with van der Waals surface area (Å²) >= 11 is 3.13. The summed E-state index contributed by atoms with van der Waals surface area (Å²) in [6, 6.07) is 8.17. The van der Waals surface area contributed by atoms with Gasteiger partial charge in [-0.2, -0.15) is 0 Å². The van der Waals surface area contributed by atoms with Crippen LogP contribution in [0.2, 0.25) is 5.02 Å². The summed E-state index contributed by atoms with van der Waals surface area (Å²) < 4.78 is 62.5. The SMILES string of the molecule is CCOC(CN(C(=O)C(Cc1ccc(Cl)cc1)NC(=O)CCN(c1ccc(F)c(F)c1)S(=O)[O-])C(C)C)OCC. The summed E-state index contributed by atoms with van der Waals surface area (Å²) in [7, 11) is 0. The molecule has 222 valence electrons. The predicted molar refractivity (Wildman–Crippen MR) is 148 cm³/mol. The fourth-order valence-corrected chi connectivity index (χ4v) is 4.55. The molecular formula is C27H35ClF2N3O6S-. The molecule has 2 aromatic carbocycles.